The molecule has 1 amide bonds. The Kier molecular flexibility index (Phi) is 9.75. The number of benzene rings is 1. The third-order valence-electron chi connectivity index (χ3n) is 7.01. The quantitative estimate of drug-likeness (QED) is 0.275. The molecular weight excluding hydrogens is 641 g/mol. The molecule has 252 valence electrons. The molecule has 2 atom stereocenters. The summed E-state index contributed by atoms with van der Waals surface area (Å²) < 4.78 is 129. The van der Waals surface area contributed by atoms with Gasteiger partial charge in [0.15, 0.2) is 0 Å². The molecule has 19 heteroatoms. The zero-order valence-electron chi connectivity index (χ0n) is 24.5. The molecule has 4 rings (SSSR count). The van der Waals surface area contributed by atoms with Crippen LogP contribution in [-0.4, -0.2) is 55.1 Å². The van der Waals surface area contributed by atoms with Crippen LogP contribution in [0.3, 0.4) is 0 Å². The number of carbonyl (C=O) groups is 1. The number of pyridine rings is 1. The van der Waals surface area contributed by atoms with Crippen LogP contribution in [0.5, 0.6) is 0 Å². The molecule has 3 heterocycles. The van der Waals surface area contributed by atoms with Gasteiger partial charge in [0.2, 0.25) is 0 Å². The third kappa shape index (κ3) is 7.61. The van der Waals surface area contributed by atoms with E-state index in [9.17, 15) is 49.4 Å². The fourth-order valence-electron chi connectivity index (χ4n) is 5.04. The van der Waals surface area contributed by atoms with E-state index in [-0.39, 0.29) is 42.8 Å². The van der Waals surface area contributed by atoms with Gasteiger partial charge in [-0.2, -0.15) is 44.3 Å². The van der Waals surface area contributed by atoms with Gasteiger partial charge in [0.25, 0.3) is 5.95 Å². The Morgan fingerprint density at radius 3 is 2.17 bits per heavy atom. The van der Waals surface area contributed by atoms with E-state index in [1.54, 1.807) is 20.8 Å². The number of aromatic nitrogens is 5. The summed E-state index contributed by atoms with van der Waals surface area (Å²) in [7, 11) is 0. The van der Waals surface area contributed by atoms with E-state index in [1.807, 2.05) is 0 Å². The minimum absolute atomic E-state index is 0.0536. The first kappa shape index (κ1) is 34.7. The minimum Gasteiger partial charge on any atom is -0.446 e. The predicted molar refractivity (Wildman–Crippen MR) is 142 cm³/mol. The Hall–Kier alpha value is -4.16. The monoisotopic (exact) mass is 669 g/mol. The van der Waals surface area contributed by atoms with E-state index in [4.69, 9.17) is 4.74 Å². The average molecular weight is 670 g/mol. The second kappa shape index (κ2) is 12.9. The van der Waals surface area contributed by atoms with Crippen LogP contribution in [0, 0.1) is 0 Å². The molecule has 0 radical (unpaired) electrons. The van der Waals surface area contributed by atoms with Crippen molar-refractivity contribution in [2.24, 2.45) is 0 Å². The van der Waals surface area contributed by atoms with Gasteiger partial charge in [-0.15, -0.1) is 5.10 Å². The zero-order valence-corrected chi connectivity index (χ0v) is 24.5. The molecule has 1 aromatic carbocycles. The summed E-state index contributed by atoms with van der Waals surface area (Å²) >= 11 is 0. The van der Waals surface area contributed by atoms with E-state index in [2.05, 4.69) is 20.4 Å². The van der Waals surface area contributed by atoms with Crippen LogP contribution in [0.15, 0.2) is 30.3 Å². The van der Waals surface area contributed by atoms with E-state index in [0.29, 0.717) is 18.2 Å². The molecule has 1 aliphatic rings. The van der Waals surface area contributed by atoms with Gasteiger partial charge < -0.3 is 14.7 Å². The number of ether oxygens (including phenoxy) is 1. The summed E-state index contributed by atoms with van der Waals surface area (Å²) in [5.74, 6) is -0.386. The highest BCUT2D eigenvalue weighted by Gasteiger charge is 2.44. The number of hydrogen-bond acceptors (Lipinski definition) is 8. The lowest BCUT2D eigenvalue weighted by atomic mass is 9.91. The fraction of sp³-hybridized carbons (Fsp3) is 0.519. The van der Waals surface area contributed by atoms with Crippen molar-refractivity contribution in [3.63, 3.8) is 0 Å². The van der Waals surface area contributed by atoms with Gasteiger partial charge in [-0.05, 0) is 67.8 Å². The Labute approximate surface area is 255 Å². The van der Waals surface area contributed by atoms with Crippen LogP contribution >= 0.6 is 0 Å². The van der Waals surface area contributed by atoms with Crippen molar-refractivity contribution in [3.8, 4) is 0 Å². The van der Waals surface area contributed by atoms with Gasteiger partial charge >= 0.3 is 24.6 Å². The normalized spacial score (nSPS) is 17.3. The molecule has 0 bridgehead atoms. The minimum atomic E-state index is -5.17. The number of amides is 1. The molecular formula is C27H28F9N7O3. The molecule has 3 aromatic rings. The smallest absolute Gasteiger partial charge is 0.433 e. The first-order chi connectivity index (χ1) is 21.3. The number of anilines is 2. The maximum atomic E-state index is 13.9. The van der Waals surface area contributed by atoms with Gasteiger partial charge in [-0.3, -0.25) is 4.90 Å². The second-order valence-corrected chi connectivity index (χ2v) is 10.7. The predicted octanol–water partition coefficient (Wildman–Crippen LogP) is 6.40. The van der Waals surface area contributed by atoms with Crippen LogP contribution in [0.25, 0.3) is 0 Å². The zero-order chi connectivity index (χ0) is 34.2. The molecule has 1 N–H and O–H groups in total. The van der Waals surface area contributed by atoms with Crippen molar-refractivity contribution >= 4 is 17.7 Å². The highest BCUT2D eigenvalue weighted by atomic mass is 19.4. The van der Waals surface area contributed by atoms with Crippen LogP contribution < -0.4 is 9.80 Å². The van der Waals surface area contributed by atoms with Gasteiger partial charge in [-0.1, -0.05) is 12.0 Å². The number of alkyl halides is 9. The molecule has 0 spiro atoms. The Bertz CT molecular complexity index is 1510. The molecule has 0 aliphatic carbocycles. The van der Waals surface area contributed by atoms with Crippen molar-refractivity contribution in [2.45, 2.75) is 83.4 Å². The molecule has 0 fully saturated rings. The lowest BCUT2D eigenvalue weighted by molar-refractivity contribution is -0.143. The highest BCUT2D eigenvalue weighted by Crippen LogP contribution is 2.44. The topological polar surface area (TPSA) is 110 Å². The van der Waals surface area contributed by atoms with Crippen LogP contribution in [-0.2, 0) is 36.4 Å². The summed E-state index contributed by atoms with van der Waals surface area (Å²) in [6, 6.07) is 0.460. The van der Waals surface area contributed by atoms with Crippen molar-refractivity contribution in [2.75, 3.05) is 16.4 Å². The molecule has 0 unspecified atom stereocenters. The maximum Gasteiger partial charge on any atom is 0.433 e. The van der Waals surface area contributed by atoms with Crippen LogP contribution in [0.2, 0.25) is 0 Å². The summed E-state index contributed by atoms with van der Waals surface area (Å²) in [5, 5.41) is 20.9. The summed E-state index contributed by atoms with van der Waals surface area (Å²) in [6.07, 6.45) is -16.8. The van der Waals surface area contributed by atoms with E-state index in [0.717, 1.165) is 20.7 Å². The van der Waals surface area contributed by atoms with Crippen molar-refractivity contribution in [3.05, 3.63) is 58.4 Å². The van der Waals surface area contributed by atoms with E-state index in [1.165, 1.54) is 0 Å². The summed E-state index contributed by atoms with van der Waals surface area (Å²) in [6.45, 7) is 3.35. The Morgan fingerprint density at radius 2 is 1.65 bits per heavy atom. The van der Waals surface area contributed by atoms with Crippen LogP contribution in [0.4, 0.5) is 55.9 Å². The summed E-state index contributed by atoms with van der Waals surface area (Å²) in [4.78, 5) is 20.1. The van der Waals surface area contributed by atoms with Crippen molar-refractivity contribution < 1.29 is 54.2 Å². The molecule has 1 aliphatic heterocycles. The average Bonchev–Trinajstić information content (AvgIpc) is 3.41. The number of tetrazole rings is 1. The standard InChI is InChI=1S/C27H28F9N7O3/c1-4-18-12-20(22-19(43(18)24(45)46-14(2)3)5-6-21(37-22)27(34,35)36)41(23-38-40-42(39-23)7-8-44)13-15-9-16(25(28,29)30)11-17(10-15)26(31,32)33/h5-6,9-11,14,18,20,44H,4,7-8,12-13H2,1-3H3/t18-,20+/m0/s1. The molecule has 0 saturated heterocycles. The third-order valence-corrected chi connectivity index (χ3v) is 7.01. The molecule has 10 nitrogen and oxygen atoms in total. The second-order valence-electron chi connectivity index (χ2n) is 10.7. The summed E-state index contributed by atoms with van der Waals surface area (Å²) in [5.41, 5.74) is -5.59. The number of nitrogens with zero attached hydrogens (tertiary/aromatic N) is 7. The lowest BCUT2D eigenvalue weighted by Gasteiger charge is -2.43. The fourth-order valence-corrected chi connectivity index (χ4v) is 5.04. The number of aliphatic hydroxyl groups excluding tert-OH is 1. The van der Waals surface area contributed by atoms with E-state index < -0.39 is 78.3 Å². The van der Waals surface area contributed by atoms with Gasteiger partial charge in [0, 0.05) is 12.6 Å². The Balaban J connectivity index is 1.95. The van der Waals surface area contributed by atoms with Crippen LogP contribution in [0.1, 0.15) is 67.7 Å². The maximum absolute atomic E-state index is 13.9. The van der Waals surface area contributed by atoms with Crippen molar-refractivity contribution in [1.29, 1.82) is 0 Å². The van der Waals surface area contributed by atoms with E-state index >= 15 is 0 Å². The van der Waals surface area contributed by atoms with Gasteiger partial charge in [0.1, 0.15) is 5.69 Å². The Morgan fingerprint density at radius 1 is 1.02 bits per heavy atom. The molecule has 2 aromatic heterocycles. The SMILES string of the molecule is CC[C@H]1C[C@@H](N(Cc2cc(C(F)(F)F)cc(C(F)(F)F)c2)c2nnn(CCO)n2)c2nc(C(F)(F)F)ccc2N1C(=O)OC(C)C. The first-order valence-electron chi connectivity index (χ1n) is 13.8. The first-order valence-corrected chi connectivity index (χ1v) is 13.8. The number of rotatable bonds is 8. The molecule has 0 saturated carbocycles. The van der Waals surface area contributed by atoms with Crippen molar-refractivity contribution in [1.82, 2.24) is 25.2 Å². The van der Waals surface area contributed by atoms with Gasteiger partial charge in [-0.25, -0.2) is 9.78 Å². The number of aliphatic hydroxyl groups is 1. The largest absolute Gasteiger partial charge is 0.446 e. The lowest BCUT2D eigenvalue weighted by Crippen LogP contribution is -2.49. The highest BCUT2D eigenvalue weighted by molar-refractivity contribution is 5.90. The number of carbonyl (C=O) groups excluding carboxylic acids is 1. The number of halogens is 9. The number of hydrogen-bond donors (Lipinski definition) is 1. The molecule has 46 heavy (non-hydrogen) atoms. The van der Waals surface area contributed by atoms with Gasteiger partial charge in [0.05, 0.1) is 47.8 Å². The number of fused-ring (bicyclic) bond motifs is 1.